The van der Waals surface area contributed by atoms with Crippen molar-refractivity contribution in [1.29, 1.82) is 0 Å². The normalized spacial score (nSPS) is 16.8. The molecule has 11 atom stereocenters. The Kier molecular flexibility index (Phi) is 51.2. The second-order valence-corrected chi connectivity index (χ2v) is 48.2. The molecule has 0 aromatic heterocycles. The summed E-state index contributed by atoms with van der Waals surface area (Å²) in [5.41, 5.74) is 18.4. The van der Waals surface area contributed by atoms with Gasteiger partial charge in [0.05, 0.1) is 62.8 Å². The van der Waals surface area contributed by atoms with Crippen LogP contribution in [0, 0.1) is 34.9 Å². The van der Waals surface area contributed by atoms with Gasteiger partial charge < -0.3 is 77.0 Å². The average molecular weight is 2120 g/mol. The van der Waals surface area contributed by atoms with Gasteiger partial charge in [-0.25, -0.2) is 74.4 Å². The summed E-state index contributed by atoms with van der Waals surface area (Å²) in [6.45, 7) is 16.2. The van der Waals surface area contributed by atoms with Gasteiger partial charge in [0.1, 0.15) is 71.3 Å². The van der Waals surface area contributed by atoms with Gasteiger partial charge in [0.25, 0.3) is 0 Å². The standard InChI is InChI=1S/C36H53F2N3O6S.C34H49F2N3O8S2.C34H49F2N3O6S2/c1-5-11-31(12-6-2)48(45,46)24-33(40-36(44)47-30-15-8-9-16-30)35(43)41(22-26-14-10-13-25(7-3)17-26)23-34(42)32(39-4)20-27-18-28(37)21-29(38)19-27;1-4-8-29(9-5-2)49(45,46)22-31(38-34(42)47-28-12-13-48(43,44)21-28)33(41)39(19-24-11-7-10-23(6-3)14-24)20-32(40)30(37)17-25-15-26(35)18-27(36)16-25;1-4-8-29(9-5-2)47(43,44)22-31(38-34(42)45-28-12-13-46-21-28)33(41)39(19-24-11-7-10-23(6-3)14-24)20-32(40)30(37)17-25-15-26(35)18-27(36)16-25/h10,13-14,17-19,21,30-34,39,42H,5-9,11-12,15-16,20,22-24H2,1-4H3,(H,40,44);7,10-11,14-16,18,28-32,40H,4-6,8-9,12-13,17,19-22,37H2,1-3H3,(H,38,42);7,10-11,14-16,18,28-32,40H,4-6,8-9,12-13,17,19-22,37H2,1-3H3,(H,38,42)/t32-,33?,34+;2*28?,30-,31?,32+/m000/s1. The van der Waals surface area contributed by atoms with E-state index >= 15 is 0 Å². The molecule has 0 spiro atoms. The van der Waals surface area contributed by atoms with Crippen LogP contribution in [0.15, 0.2) is 127 Å². The van der Waals surface area contributed by atoms with Crippen molar-refractivity contribution in [3.8, 4) is 0 Å². The molecule has 2 heterocycles. The number of carbonyl (C=O) groups is 6. The first-order valence-electron chi connectivity index (χ1n) is 50.3. The maximum atomic E-state index is 14.4. The van der Waals surface area contributed by atoms with Crippen LogP contribution in [-0.4, -0.2) is 255 Å². The molecule has 1 saturated carbocycles. The molecule has 144 heavy (non-hydrogen) atoms. The van der Waals surface area contributed by atoms with Crippen LogP contribution in [0.3, 0.4) is 0 Å². The van der Waals surface area contributed by atoms with E-state index in [-0.39, 0.29) is 93.2 Å². The number of amides is 6. The average Bonchev–Trinajstić information content (AvgIpc) is 1.22. The molecule has 2 saturated heterocycles. The third kappa shape index (κ3) is 41.3. The fourth-order valence-electron chi connectivity index (χ4n) is 18.1. The quantitative estimate of drug-likeness (QED) is 0.0126. The molecule has 11 N–H and O–H groups in total. The van der Waals surface area contributed by atoms with Gasteiger partial charge in [0.2, 0.25) is 17.7 Å². The maximum absolute atomic E-state index is 14.4. The Morgan fingerprint density at radius 3 is 0.993 bits per heavy atom. The lowest BCUT2D eigenvalue weighted by Crippen LogP contribution is -2.55. The fourth-order valence-corrected chi connectivity index (χ4v) is 27.3. The van der Waals surface area contributed by atoms with Crippen molar-refractivity contribution in [1.82, 2.24) is 36.0 Å². The third-order valence-corrected chi connectivity index (χ3v) is 35.5. The Bertz CT molecular complexity index is 5480. The highest BCUT2D eigenvalue weighted by Crippen LogP contribution is 2.29. The molecule has 9 rings (SSSR count). The predicted molar refractivity (Wildman–Crippen MR) is 548 cm³/mol. The highest BCUT2D eigenvalue weighted by atomic mass is 32.2. The smallest absolute Gasteiger partial charge is 0.408 e. The monoisotopic (exact) mass is 2120 g/mol. The summed E-state index contributed by atoms with van der Waals surface area (Å²) in [7, 11) is -13.5. The van der Waals surface area contributed by atoms with E-state index < -0.39 is 210 Å². The van der Waals surface area contributed by atoms with Crippen molar-refractivity contribution < 1.29 is 118 Å². The number of hydrogen-bond acceptors (Lipinski definition) is 24. The van der Waals surface area contributed by atoms with E-state index in [1.54, 1.807) is 30.9 Å². The molecule has 0 bridgehead atoms. The summed E-state index contributed by atoms with van der Waals surface area (Å²) in [6, 6.07) is 24.0. The number of nitrogens with two attached hydrogens (primary N) is 2. The van der Waals surface area contributed by atoms with E-state index in [2.05, 4.69) is 21.3 Å². The van der Waals surface area contributed by atoms with Crippen molar-refractivity contribution >= 4 is 87.1 Å². The number of aryl methyl sites for hydroxylation is 3. The Balaban J connectivity index is 0.000000293. The lowest BCUT2D eigenvalue weighted by molar-refractivity contribution is -0.135. The van der Waals surface area contributed by atoms with Gasteiger partial charge in [-0.15, -0.1) is 0 Å². The number of nitrogens with zero attached hydrogens (tertiary/aromatic N) is 3. The molecule has 5 unspecified atom stereocenters. The molecule has 804 valence electrons. The number of likely N-dealkylation sites (N-methyl/N-ethyl adjacent to an activating group) is 1. The number of aliphatic hydroxyl groups is 3. The number of benzene rings is 6. The van der Waals surface area contributed by atoms with E-state index in [0.29, 0.717) is 126 Å². The van der Waals surface area contributed by atoms with Gasteiger partial charge in [-0.1, -0.05) is 174 Å². The van der Waals surface area contributed by atoms with Crippen molar-refractivity contribution in [2.45, 2.75) is 325 Å². The second-order valence-electron chi connectivity index (χ2n) is 37.9. The number of hydrogen-bond donors (Lipinski definition) is 9. The van der Waals surface area contributed by atoms with Crippen molar-refractivity contribution in [3.63, 3.8) is 0 Å². The number of ether oxygens (including phenoxy) is 3. The van der Waals surface area contributed by atoms with Crippen LogP contribution in [0.1, 0.15) is 228 Å². The summed E-state index contributed by atoms with van der Waals surface area (Å²) in [6.07, 6.45) is 3.62. The van der Waals surface area contributed by atoms with Crippen LogP contribution in [0.2, 0.25) is 0 Å². The van der Waals surface area contributed by atoms with E-state index in [0.717, 1.165) is 95.7 Å². The number of carbonyl (C=O) groups excluding carboxylic acids is 6. The molecule has 6 aromatic carbocycles. The van der Waals surface area contributed by atoms with E-state index in [9.17, 15) is 104 Å². The first-order valence-corrected chi connectivity index (χ1v) is 58.4. The van der Waals surface area contributed by atoms with Crippen molar-refractivity contribution in [2.75, 3.05) is 67.0 Å². The molecule has 1 aliphatic carbocycles. The Hall–Kier alpha value is -8.97. The lowest BCUT2D eigenvalue weighted by atomic mass is 10.00. The highest BCUT2D eigenvalue weighted by molar-refractivity contribution is 7.99. The number of halogens is 6. The van der Waals surface area contributed by atoms with E-state index in [1.807, 2.05) is 123 Å². The first-order chi connectivity index (χ1) is 68.3. The van der Waals surface area contributed by atoms with Gasteiger partial charge in [0.15, 0.2) is 39.3 Å². The summed E-state index contributed by atoms with van der Waals surface area (Å²) in [5, 5.41) is 42.2. The minimum atomic E-state index is -3.96. The second kappa shape index (κ2) is 60.5. The Labute approximate surface area is 851 Å². The lowest BCUT2D eigenvalue weighted by Gasteiger charge is -2.33. The van der Waals surface area contributed by atoms with Crippen molar-refractivity contribution in [2.24, 2.45) is 11.5 Å². The molecule has 3 aliphatic rings. The first kappa shape index (κ1) is 122. The number of aliphatic hydroxyl groups excluding tert-OH is 3. The number of nitrogens with one attached hydrogen (secondary N) is 4. The summed E-state index contributed by atoms with van der Waals surface area (Å²) < 4.78 is 206. The Morgan fingerprint density at radius 2 is 0.708 bits per heavy atom. The molecular formula is C104H151F6N9O20S5. The van der Waals surface area contributed by atoms with Crippen LogP contribution >= 0.6 is 11.8 Å². The molecule has 6 amide bonds. The third-order valence-electron chi connectivity index (χ3n) is 25.8. The topological polar surface area (TPSA) is 437 Å². The van der Waals surface area contributed by atoms with Crippen LogP contribution < -0.4 is 32.7 Å². The molecule has 6 aromatic rings. The molecular weight excluding hydrogens is 1970 g/mol. The SMILES string of the molecule is CCCC(CCC)S(=O)(=O)CC(NC(=O)OC1CCCC1)C(=O)N(Cc1cccc(CC)c1)C[C@@H](O)[C@H](Cc1cc(F)cc(F)c1)NC.CCCC(CCC)S(=O)(=O)CC(NC(=O)OC1CCS(=O)(=O)C1)C(=O)N(Cc1cccc(CC)c1)C[C@@H](O)[C@@H](N)Cc1cc(F)cc(F)c1.CCCC(CCC)S(=O)(=O)CC(NC(=O)OC1CCSC1)C(=O)N(Cc1cccc(CC)c1)C[C@@H](O)[C@@H](N)Cc1cc(F)cc(F)c1. The van der Waals surface area contributed by atoms with Crippen LogP contribution in [0.5, 0.6) is 0 Å². The van der Waals surface area contributed by atoms with E-state index in [4.69, 9.17) is 25.7 Å². The van der Waals surface area contributed by atoms with E-state index in [1.165, 1.54) is 26.8 Å². The van der Waals surface area contributed by atoms with Crippen molar-refractivity contribution in [3.05, 3.63) is 212 Å². The molecule has 0 radical (unpaired) electrons. The summed E-state index contributed by atoms with van der Waals surface area (Å²) in [4.78, 5) is 86.1. The van der Waals surface area contributed by atoms with Gasteiger partial charge >= 0.3 is 18.3 Å². The zero-order chi connectivity index (χ0) is 106. The Morgan fingerprint density at radius 1 is 0.410 bits per heavy atom. The number of sulfone groups is 4. The predicted octanol–water partition coefficient (Wildman–Crippen LogP) is 13.7. The summed E-state index contributed by atoms with van der Waals surface area (Å²) in [5.74, 6) is -8.03. The van der Waals surface area contributed by atoms with Crippen LogP contribution in [-0.2, 0) is 126 Å². The van der Waals surface area contributed by atoms with Gasteiger partial charge in [-0.3, -0.25) is 14.4 Å². The zero-order valence-corrected chi connectivity index (χ0v) is 88.6. The molecule has 2 aliphatic heterocycles. The van der Waals surface area contributed by atoms with Crippen LogP contribution in [0.25, 0.3) is 0 Å². The molecule has 3 fully saturated rings. The van der Waals surface area contributed by atoms with Gasteiger partial charge in [-0.2, -0.15) is 11.8 Å². The largest absolute Gasteiger partial charge is 0.446 e. The van der Waals surface area contributed by atoms with Crippen LogP contribution in [0.4, 0.5) is 40.7 Å². The number of alkyl carbamates (subject to hydrolysis) is 3. The van der Waals surface area contributed by atoms with Gasteiger partial charge in [0, 0.05) is 81.3 Å². The minimum absolute atomic E-state index is 0.00899. The number of rotatable bonds is 55. The summed E-state index contributed by atoms with van der Waals surface area (Å²) >= 11 is 1.64. The fraction of sp³-hybridized carbons (Fsp3) is 0.596. The van der Waals surface area contributed by atoms with Gasteiger partial charge in [-0.05, 0) is 215 Å². The highest BCUT2D eigenvalue weighted by Gasteiger charge is 2.42. The zero-order valence-electron chi connectivity index (χ0n) is 84.5. The molecule has 29 nitrogen and oxygen atoms in total. The molecule has 40 heteroatoms. The maximum Gasteiger partial charge on any atom is 0.408 e. The minimum Gasteiger partial charge on any atom is -0.446 e. The number of thioether (sulfide) groups is 1.